The first kappa shape index (κ1) is 17.9. The predicted octanol–water partition coefficient (Wildman–Crippen LogP) is 1.72. The van der Waals surface area contributed by atoms with Crippen molar-refractivity contribution in [3.05, 3.63) is 29.3 Å². The van der Waals surface area contributed by atoms with Crippen LogP contribution in [0.1, 0.15) is 35.7 Å². The normalized spacial score (nSPS) is 21.4. The lowest BCUT2D eigenvalue weighted by molar-refractivity contribution is -0.142. The monoisotopic (exact) mass is 346 g/mol. The molecule has 1 atom stereocenters. The van der Waals surface area contributed by atoms with Crippen LogP contribution in [0, 0.1) is 0 Å². The zero-order valence-electron chi connectivity index (χ0n) is 15.0. The van der Waals surface area contributed by atoms with Gasteiger partial charge in [0.05, 0.1) is 7.11 Å². The molecule has 6 nitrogen and oxygen atoms in total. The first-order valence-corrected chi connectivity index (χ1v) is 8.89. The van der Waals surface area contributed by atoms with Gasteiger partial charge < -0.3 is 14.4 Å². The van der Waals surface area contributed by atoms with Gasteiger partial charge in [0.2, 0.25) is 0 Å². The van der Waals surface area contributed by atoms with Crippen molar-refractivity contribution in [1.82, 2.24) is 9.80 Å². The minimum absolute atomic E-state index is 0.0517. The van der Waals surface area contributed by atoms with Gasteiger partial charge in [-0.2, -0.15) is 0 Å². The highest BCUT2D eigenvalue weighted by Crippen LogP contribution is 2.23. The van der Waals surface area contributed by atoms with Crippen LogP contribution in [0.5, 0.6) is 5.75 Å². The van der Waals surface area contributed by atoms with Crippen LogP contribution < -0.4 is 4.74 Å². The Bertz CT molecular complexity index is 632. The van der Waals surface area contributed by atoms with Gasteiger partial charge in [-0.1, -0.05) is 0 Å². The van der Waals surface area contributed by atoms with E-state index < -0.39 is 0 Å². The molecule has 0 N–H and O–H groups in total. The van der Waals surface area contributed by atoms with Crippen molar-refractivity contribution in [2.75, 3.05) is 39.9 Å². The van der Waals surface area contributed by atoms with E-state index in [0.29, 0.717) is 31.8 Å². The summed E-state index contributed by atoms with van der Waals surface area (Å²) in [7, 11) is 1.64. The van der Waals surface area contributed by atoms with Gasteiger partial charge in [-0.25, -0.2) is 0 Å². The molecule has 1 aromatic carbocycles. The Balaban J connectivity index is 1.59. The lowest BCUT2D eigenvalue weighted by Crippen LogP contribution is -2.51. The number of hydrogen-bond donors (Lipinski definition) is 0. The van der Waals surface area contributed by atoms with E-state index in [0.717, 1.165) is 37.2 Å². The maximum absolute atomic E-state index is 12.4. The Morgan fingerprint density at radius 2 is 2.00 bits per heavy atom. The zero-order chi connectivity index (χ0) is 17.8. The topological polar surface area (TPSA) is 59.1 Å². The number of piperazine rings is 1. The SMILES string of the molecule is COc1ccc(C(C)=O)cc1CN1CCN(C(=O)C2CCCO2)CC1. The van der Waals surface area contributed by atoms with Gasteiger partial charge in [-0.05, 0) is 38.0 Å². The number of nitrogens with zero attached hydrogens (tertiary/aromatic N) is 2. The van der Waals surface area contributed by atoms with Crippen LogP contribution >= 0.6 is 0 Å². The average Bonchev–Trinajstić information content (AvgIpc) is 3.16. The van der Waals surface area contributed by atoms with Gasteiger partial charge in [-0.15, -0.1) is 0 Å². The van der Waals surface area contributed by atoms with E-state index in [9.17, 15) is 9.59 Å². The Hall–Kier alpha value is -1.92. The lowest BCUT2D eigenvalue weighted by Gasteiger charge is -2.36. The number of ether oxygens (including phenoxy) is 2. The molecule has 0 radical (unpaired) electrons. The highest BCUT2D eigenvalue weighted by atomic mass is 16.5. The number of carbonyl (C=O) groups excluding carboxylic acids is 2. The van der Waals surface area contributed by atoms with Gasteiger partial charge in [0.1, 0.15) is 11.9 Å². The van der Waals surface area contributed by atoms with E-state index in [2.05, 4.69) is 4.90 Å². The maximum Gasteiger partial charge on any atom is 0.251 e. The minimum atomic E-state index is -0.237. The molecule has 6 heteroatoms. The van der Waals surface area contributed by atoms with E-state index in [1.807, 2.05) is 17.0 Å². The van der Waals surface area contributed by atoms with E-state index in [1.54, 1.807) is 20.1 Å². The van der Waals surface area contributed by atoms with Crippen molar-refractivity contribution in [3.63, 3.8) is 0 Å². The number of rotatable bonds is 5. The highest BCUT2D eigenvalue weighted by Gasteiger charge is 2.30. The predicted molar refractivity (Wildman–Crippen MR) is 93.8 cm³/mol. The Kier molecular flexibility index (Phi) is 5.71. The van der Waals surface area contributed by atoms with Crippen LogP contribution in [0.4, 0.5) is 0 Å². The third kappa shape index (κ3) is 4.19. The second-order valence-corrected chi connectivity index (χ2v) is 6.69. The lowest BCUT2D eigenvalue weighted by atomic mass is 10.1. The standard InChI is InChI=1S/C19H26N2O4/c1-14(22)15-5-6-17(24-2)16(12-15)13-20-7-9-21(10-8-20)19(23)18-4-3-11-25-18/h5-6,12,18H,3-4,7-11,13H2,1-2H3. The van der Waals surface area contributed by atoms with Gasteiger partial charge in [-0.3, -0.25) is 14.5 Å². The van der Waals surface area contributed by atoms with Crippen molar-refractivity contribution in [2.24, 2.45) is 0 Å². The van der Waals surface area contributed by atoms with Crippen LogP contribution in [-0.4, -0.2) is 67.5 Å². The highest BCUT2D eigenvalue weighted by molar-refractivity contribution is 5.94. The quantitative estimate of drug-likeness (QED) is 0.760. The largest absolute Gasteiger partial charge is 0.496 e. The second kappa shape index (κ2) is 7.97. The van der Waals surface area contributed by atoms with Crippen LogP contribution in [0.3, 0.4) is 0 Å². The van der Waals surface area contributed by atoms with Crippen molar-refractivity contribution < 1.29 is 19.1 Å². The number of carbonyl (C=O) groups is 2. The summed E-state index contributed by atoms with van der Waals surface area (Å²) in [4.78, 5) is 28.2. The summed E-state index contributed by atoms with van der Waals surface area (Å²) in [6.45, 7) is 6.04. The molecule has 3 rings (SSSR count). The van der Waals surface area contributed by atoms with Gasteiger partial charge >= 0.3 is 0 Å². The molecule has 0 aromatic heterocycles. The molecule has 1 aromatic rings. The number of methoxy groups -OCH3 is 1. The zero-order valence-corrected chi connectivity index (χ0v) is 15.0. The third-order valence-electron chi connectivity index (χ3n) is 4.97. The second-order valence-electron chi connectivity index (χ2n) is 6.69. The van der Waals surface area contributed by atoms with Crippen LogP contribution in [0.15, 0.2) is 18.2 Å². The fraction of sp³-hybridized carbons (Fsp3) is 0.579. The molecule has 2 saturated heterocycles. The van der Waals surface area contributed by atoms with E-state index in [1.165, 1.54) is 0 Å². The van der Waals surface area contributed by atoms with Crippen molar-refractivity contribution >= 4 is 11.7 Å². The van der Waals surface area contributed by atoms with E-state index in [4.69, 9.17) is 9.47 Å². The fourth-order valence-electron chi connectivity index (χ4n) is 3.46. The average molecular weight is 346 g/mol. The van der Waals surface area contributed by atoms with Crippen molar-refractivity contribution in [3.8, 4) is 5.75 Å². The molecule has 1 unspecified atom stereocenters. The first-order chi connectivity index (χ1) is 12.1. The molecular weight excluding hydrogens is 320 g/mol. The number of hydrogen-bond acceptors (Lipinski definition) is 5. The summed E-state index contributed by atoms with van der Waals surface area (Å²) < 4.78 is 10.9. The number of benzene rings is 1. The molecule has 1 amide bonds. The molecule has 2 heterocycles. The summed E-state index contributed by atoms with van der Waals surface area (Å²) >= 11 is 0. The van der Waals surface area contributed by atoms with Gasteiger partial charge in [0.25, 0.3) is 5.91 Å². The third-order valence-corrected chi connectivity index (χ3v) is 4.97. The molecule has 25 heavy (non-hydrogen) atoms. The summed E-state index contributed by atoms with van der Waals surface area (Å²) in [6, 6.07) is 5.55. The number of amides is 1. The number of Topliss-reactive ketones (excluding diaryl/α,β-unsaturated/α-hetero) is 1. The minimum Gasteiger partial charge on any atom is -0.496 e. The summed E-state index contributed by atoms with van der Waals surface area (Å²) in [6.07, 6.45) is 1.58. The molecule has 0 aliphatic carbocycles. The van der Waals surface area contributed by atoms with Crippen LogP contribution in [0.2, 0.25) is 0 Å². The summed E-state index contributed by atoms with van der Waals surface area (Å²) in [5.74, 6) is 0.979. The maximum atomic E-state index is 12.4. The molecule has 2 aliphatic rings. The molecular formula is C19H26N2O4. The Labute approximate surface area is 148 Å². The fourth-order valence-corrected chi connectivity index (χ4v) is 3.46. The van der Waals surface area contributed by atoms with Gasteiger partial charge in [0.15, 0.2) is 5.78 Å². The van der Waals surface area contributed by atoms with E-state index in [-0.39, 0.29) is 17.8 Å². The summed E-state index contributed by atoms with van der Waals surface area (Å²) in [5.41, 5.74) is 1.71. The van der Waals surface area contributed by atoms with Gasteiger partial charge in [0, 0.05) is 50.5 Å². The molecule has 0 spiro atoms. The summed E-state index contributed by atoms with van der Waals surface area (Å²) in [5, 5.41) is 0. The van der Waals surface area contributed by atoms with Crippen molar-refractivity contribution in [2.45, 2.75) is 32.4 Å². The Morgan fingerprint density at radius 3 is 2.60 bits per heavy atom. The van der Waals surface area contributed by atoms with Crippen LogP contribution in [-0.2, 0) is 16.1 Å². The smallest absolute Gasteiger partial charge is 0.251 e. The van der Waals surface area contributed by atoms with Crippen LogP contribution in [0.25, 0.3) is 0 Å². The molecule has 2 aliphatic heterocycles. The number of ketones is 1. The van der Waals surface area contributed by atoms with Crippen molar-refractivity contribution in [1.29, 1.82) is 0 Å². The molecule has 0 saturated carbocycles. The first-order valence-electron chi connectivity index (χ1n) is 8.89. The Morgan fingerprint density at radius 1 is 1.24 bits per heavy atom. The molecule has 0 bridgehead atoms. The molecule has 2 fully saturated rings. The van der Waals surface area contributed by atoms with E-state index >= 15 is 0 Å². The molecule has 136 valence electrons.